The van der Waals surface area contributed by atoms with E-state index in [1.54, 1.807) is 4.57 Å². The molecule has 0 aliphatic heterocycles. The first-order valence-electron chi connectivity index (χ1n) is 9.18. The molecule has 4 heteroatoms. The minimum atomic E-state index is -0.00424. The molecule has 0 N–H and O–H groups in total. The Labute approximate surface area is 172 Å². The Bertz CT molecular complexity index is 1200. The summed E-state index contributed by atoms with van der Waals surface area (Å²) in [5, 5.41) is 0.648. The quantitative estimate of drug-likeness (QED) is 0.414. The summed E-state index contributed by atoms with van der Waals surface area (Å²) >= 11 is 3.49. The van der Waals surface area contributed by atoms with Crippen molar-refractivity contribution in [2.24, 2.45) is 0 Å². The van der Waals surface area contributed by atoms with E-state index in [9.17, 15) is 4.79 Å². The fraction of sp³-hybridized carbons (Fsp3) is 0.0833. The highest BCUT2D eigenvalue weighted by Gasteiger charge is 2.09. The van der Waals surface area contributed by atoms with Gasteiger partial charge in [0.05, 0.1) is 10.9 Å². The number of aromatic nitrogens is 2. The molecule has 0 atom stereocenters. The van der Waals surface area contributed by atoms with Gasteiger partial charge in [0, 0.05) is 11.0 Å². The van der Waals surface area contributed by atoms with E-state index in [4.69, 9.17) is 4.98 Å². The van der Waals surface area contributed by atoms with E-state index in [2.05, 4.69) is 28.1 Å². The molecule has 0 bridgehead atoms. The number of halogens is 1. The number of hydrogen-bond donors (Lipinski definition) is 0. The van der Waals surface area contributed by atoms with Gasteiger partial charge >= 0.3 is 0 Å². The smallest absolute Gasteiger partial charge is 0.261 e. The SMILES string of the molecule is O=c1c2ccccc2nc(C=Cc2cccc(Br)c2)n1CCc1ccccc1. The van der Waals surface area contributed by atoms with Crippen LogP contribution in [0.2, 0.25) is 0 Å². The number of aryl methyl sites for hydroxylation is 1. The molecule has 0 unspecified atom stereocenters. The third kappa shape index (κ3) is 4.12. The summed E-state index contributed by atoms with van der Waals surface area (Å²) in [7, 11) is 0. The average molecular weight is 431 g/mol. The zero-order valence-electron chi connectivity index (χ0n) is 15.3. The van der Waals surface area contributed by atoms with Gasteiger partial charge in [0.25, 0.3) is 5.56 Å². The molecule has 0 saturated heterocycles. The first-order chi connectivity index (χ1) is 13.7. The minimum Gasteiger partial charge on any atom is -0.292 e. The second kappa shape index (κ2) is 8.36. The first kappa shape index (κ1) is 18.4. The number of rotatable bonds is 5. The van der Waals surface area contributed by atoms with Crippen LogP contribution in [-0.4, -0.2) is 9.55 Å². The van der Waals surface area contributed by atoms with Crippen molar-refractivity contribution < 1.29 is 0 Å². The maximum atomic E-state index is 13.1. The monoisotopic (exact) mass is 430 g/mol. The molecule has 138 valence electrons. The highest BCUT2D eigenvalue weighted by molar-refractivity contribution is 9.10. The molecule has 0 radical (unpaired) electrons. The Morgan fingerprint density at radius 2 is 1.68 bits per heavy atom. The van der Waals surface area contributed by atoms with E-state index in [1.165, 1.54) is 5.56 Å². The van der Waals surface area contributed by atoms with Crippen molar-refractivity contribution in [3.63, 3.8) is 0 Å². The lowest BCUT2D eigenvalue weighted by Gasteiger charge is -2.11. The number of para-hydroxylation sites is 1. The van der Waals surface area contributed by atoms with Crippen molar-refractivity contribution in [3.8, 4) is 0 Å². The predicted molar refractivity (Wildman–Crippen MR) is 119 cm³/mol. The maximum absolute atomic E-state index is 13.1. The predicted octanol–water partition coefficient (Wildman–Crippen LogP) is 5.57. The Morgan fingerprint density at radius 1 is 0.893 bits per heavy atom. The molecule has 28 heavy (non-hydrogen) atoms. The third-order valence-corrected chi connectivity index (χ3v) is 5.12. The number of fused-ring (bicyclic) bond motifs is 1. The molecule has 3 nitrogen and oxygen atoms in total. The molecule has 0 fully saturated rings. The van der Waals surface area contributed by atoms with Gasteiger partial charge in [0.15, 0.2) is 0 Å². The summed E-state index contributed by atoms with van der Waals surface area (Å²) in [4.78, 5) is 17.9. The van der Waals surface area contributed by atoms with Crippen molar-refractivity contribution in [2.75, 3.05) is 0 Å². The summed E-state index contributed by atoms with van der Waals surface area (Å²) in [5.41, 5.74) is 2.96. The molecule has 0 aliphatic rings. The summed E-state index contributed by atoms with van der Waals surface area (Å²) in [5.74, 6) is 0.666. The number of hydrogen-bond acceptors (Lipinski definition) is 2. The lowest BCUT2D eigenvalue weighted by molar-refractivity contribution is 0.655. The fourth-order valence-electron chi connectivity index (χ4n) is 3.20. The molecule has 0 aliphatic carbocycles. The Morgan fingerprint density at radius 3 is 2.50 bits per heavy atom. The molecule has 4 aromatic rings. The normalized spacial score (nSPS) is 11.3. The van der Waals surface area contributed by atoms with Crippen LogP contribution >= 0.6 is 15.9 Å². The molecular weight excluding hydrogens is 412 g/mol. The summed E-state index contributed by atoms with van der Waals surface area (Å²) in [6, 6.07) is 25.7. The molecule has 1 heterocycles. The van der Waals surface area contributed by atoms with Crippen LogP contribution in [-0.2, 0) is 13.0 Å². The van der Waals surface area contributed by atoms with Crippen LogP contribution in [0.25, 0.3) is 23.1 Å². The standard InChI is InChI=1S/C24H19BrN2O/c25-20-10-6-9-19(17-20)13-14-23-26-22-12-5-4-11-21(22)24(28)27(23)16-15-18-7-2-1-3-8-18/h1-14,17H,15-16H2. The average Bonchev–Trinajstić information content (AvgIpc) is 2.72. The van der Waals surface area contributed by atoms with E-state index in [0.29, 0.717) is 17.8 Å². The molecule has 3 aromatic carbocycles. The van der Waals surface area contributed by atoms with Crippen LogP contribution in [0.3, 0.4) is 0 Å². The van der Waals surface area contributed by atoms with E-state index in [-0.39, 0.29) is 5.56 Å². The van der Waals surface area contributed by atoms with E-state index < -0.39 is 0 Å². The highest BCUT2D eigenvalue weighted by Crippen LogP contribution is 2.15. The van der Waals surface area contributed by atoms with Gasteiger partial charge in [-0.05, 0) is 47.9 Å². The molecule has 0 amide bonds. The third-order valence-electron chi connectivity index (χ3n) is 4.63. The maximum Gasteiger partial charge on any atom is 0.261 e. The van der Waals surface area contributed by atoms with Gasteiger partial charge in [-0.3, -0.25) is 9.36 Å². The second-order valence-electron chi connectivity index (χ2n) is 6.57. The van der Waals surface area contributed by atoms with Crippen molar-refractivity contribution >= 4 is 39.0 Å². The van der Waals surface area contributed by atoms with Crippen LogP contribution in [0.4, 0.5) is 0 Å². The summed E-state index contributed by atoms with van der Waals surface area (Å²) in [6.45, 7) is 0.582. The lowest BCUT2D eigenvalue weighted by atomic mass is 10.1. The summed E-state index contributed by atoms with van der Waals surface area (Å²) in [6.07, 6.45) is 4.68. The van der Waals surface area contributed by atoms with Gasteiger partial charge in [-0.15, -0.1) is 0 Å². The van der Waals surface area contributed by atoms with Crippen molar-refractivity contribution in [3.05, 3.63) is 111 Å². The largest absolute Gasteiger partial charge is 0.292 e. The Kier molecular flexibility index (Phi) is 5.49. The molecule has 0 saturated carbocycles. The van der Waals surface area contributed by atoms with Crippen LogP contribution in [0.15, 0.2) is 88.1 Å². The van der Waals surface area contributed by atoms with Crippen LogP contribution in [0, 0.1) is 0 Å². The van der Waals surface area contributed by atoms with Gasteiger partial charge in [0.1, 0.15) is 5.82 Å². The molecular formula is C24H19BrN2O. The van der Waals surface area contributed by atoms with Crippen molar-refractivity contribution in [1.29, 1.82) is 0 Å². The second-order valence-corrected chi connectivity index (χ2v) is 7.48. The Hall–Kier alpha value is -2.98. The van der Waals surface area contributed by atoms with Crippen molar-refractivity contribution in [1.82, 2.24) is 9.55 Å². The van der Waals surface area contributed by atoms with Crippen LogP contribution in [0.1, 0.15) is 17.0 Å². The van der Waals surface area contributed by atoms with Gasteiger partial charge in [-0.2, -0.15) is 0 Å². The Balaban J connectivity index is 1.75. The van der Waals surface area contributed by atoms with Crippen LogP contribution < -0.4 is 5.56 Å². The molecule has 4 rings (SSSR count). The van der Waals surface area contributed by atoms with Crippen LogP contribution in [0.5, 0.6) is 0 Å². The number of nitrogens with zero attached hydrogens (tertiary/aromatic N) is 2. The van der Waals surface area contributed by atoms with Crippen molar-refractivity contribution in [2.45, 2.75) is 13.0 Å². The molecule has 0 spiro atoms. The number of benzene rings is 3. The van der Waals surface area contributed by atoms with E-state index >= 15 is 0 Å². The zero-order valence-corrected chi connectivity index (χ0v) is 16.8. The first-order valence-corrected chi connectivity index (χ1v) is 9.97. The van der Waals surface area contributed by atoms with Gasteiger partial charge in [-0.1, -0.05) is 76.6 Å². The van der Waals surface area contributed by atoms with Gasteiger partial charge in [0.2, 0.25) is 0 Å². The van der Waals surface area contributed by atoms with E-state index in [0.717, 1.165) is 22.0 Å². The lowest BCUT2D eigenvalue weighted by Crippen LogP contribution is -2.24. The fourth-order valence-corrected chi connectivity index (χ4v) is 3.61. The topological polar surface area (TPSA) is 34.9 Å². The summed E-state index contributed by atoms with van der Waals surface area (Å²) < 4.78 is 2.78. The zero-order chi connectivity index (χ0) is 19.3. The highest BCUT2D eigenvalue weighted by atomic mass is 79.9. The van der Waals surface area contributed by atoms with E-state index in [1.807, 2.05) is 78.9 Å². The molecule has 1 aromatic heterocycles. The minimum absolute atomic E-state index is 0.00424. The van der Waals surface area contributed by atoms with Gasteiger partial charge in [-0.25, -0.2) is 4.98 Å². The van der Waals surface area contributed by atoms with Gasteiger partial charge < -0.3 is 0 Å².